The minimum Gasteiger partial charge on any atom is -0.345 e. The Hall–Kier alpha value is -2.90. The van der Waals surface area contributed by atoms with Gasteiger partial charge in [0.05, 0.1) is 29.4 Å². The van der Waals surface area contributed by atoms with Crippen molar-refractivity contribution in [3.05, 3.63) is 71.1 Å². The summed E-state index contributed by atoms with van der Waals surface area (Å²) in [7, 11) is 0. The summed E-state index contributed by atoms with van der Waals surface area (Å²) in [5.41, 5.74) is 0.485. The minimum absolute atomic E-state index is 0.124. The summed E-state index contributed by atoms with van der Waals surface area (Å²) < 4.78 is 56.1. The van der Waals surface area contributed by atoms with Crippen LogP contribution < -0.4 is 5.32 Å². The molecular formula is C17H13F4N3O. The Kier molecular flexibility index (Phi) is 4.20. The molecule has 25 heavy (non-hydrogen) atoms. The summed E-state index contributed by atoms with van der Waals surface area (Å²) in [4.78, 5) is 12.2. The molecule has 1 amide bonds. The van der Waals surface area contributed by atoms with Crippen molar-refractivity contribution in [2.24, 2.45) is 0 Å². The van der Waals surface area contributed by atoms with Crippen LogP contribution in [-0.2, 0) is 5.92 Å². The second-order valence-electron chi connectivity index (χ2n) is 5.60. The maximum atomic E-state index is 14.1. The van der Waals surface area contributed by atoms with E-state index in [4.69, 9.17) is 0 Å². The van der Waals surface area contributed by atoms with Crippen molar-refractivity contribution in [2.45, 2.75) is 12.8 Å². The molecular weight excluding hydrogens is 338 g/mol. The van der Waals surface area contributed by atoms with Crippen LogP contribution in [0.4, 0.5) is 17.6 Å². The zero-order valence-electron chi connectivity index (χ0n) is 13.1. The molecule has 2 heterocycles. The number of nitrogens with one attached hydrogen (secondary N) is 1. The summed E-state index contributed by atoms with van der Waals surface area (Å²) >= 11 is 0. The van der Waals surface area contributed by atoms with Gasteiger partial charge in [-0.15, -0.1) is 0 Å². The molecule has 130 valence electrons. The van der Waals surface area contributed by atoms with E-state index in [1.807, 2.05) is 6.92 Å². The number of rotatable bonds is 4. The zero-order valence-corrected chi connectivity index (χ0v) is 13.1. The Labute approximate surface area is 140 Å². The molecule has 0 bridgehead atoms. The number of halogens is 4. The van der Waals surface area contributed by atoms with E-state index in [1.165, 1.54) is 10.7 Å². The summed E-state index contributed by atoms with van der Waals surface area (Å²) in [5.74, 6) is -6.77. The van der Waals surface area contributed by atoms with Crippen LogP contribution in [0.5, 0.6) is 0 Å². The normalized spacial score (nSPS) is 11.7. The van der Waals surface area contributed by atoms with Crippen LogP contribution in [0, 0.1) is 18.6 Å². The molecule has 0 aliphatic carbocycles. The highest BCUT2D eigenvalue weighted by Crippen LogP contribution is 2.29. The first kappa shape index (κ1) is 16.9. The number of hydrogen-bond acceptors (Lipinski definition) is 2. The van der Waals surface area contributed by atoms with Gasteiger partial charge >= 0.3 is 0 Å². The van der Waals surface area contributed by atoms with E-state index >= 15 is 0 Å². The Morgan fingerprint density at radius 1 is 1.24 bits per heavy atom. The van der Waals surface area contributed by atoms with E-state index in [0.717, 1.165) is 11.6 Å². The van der Waals surface area contributed by atoms with Crippen LogP contribution in [0.2, 0.25) is 0 Å². The third-order valence-corrected chi connectivity index (χ3v) is 3.72. The van der Waals surface area contributed by atoms with E-state index in [9.17, 15) is 22.4 Å². The van der Waals surface area contributed by atoms with Crippen LogP contribution in [0.25, 0.3) is 5.52 Å². The Morgan fingerprint density at radius 2 is 2.00 bits per heavy atom. The molecule has 0 saturated heterocycles. The van der Waals surface area contributed by atoms with E-state index in [1.54, 1.807) is 18.3 Å². The highest BCUT2D eigenvalue weighted by atomic mass is 19.3. The number of benzene rings is 1. The molecule has 0 aliphatic rings. The first-order chi connectivity index (χ1) is 11.8. The zero-order chi connectivity index (χ0) is 18.2. The van der Waals surface area contributed by atoms with Crippen molar-refractivity contribution in [1.82, 2.24) is 14.9 Å². The number of alkyl halides is 2. The average molecular weight is 351 g/mol. The van der Waals surface area contributed by atoms with Gasteiger partial charge in [-0.3, -0.25) is 4.79 Å². The molecule has 1 N–H and O–H groups in total. The van der Waals surface area contributed by atoms with Gasteiger partial charge in [-0.1, -0.05) is 0 Å². The van der Waals surface area contributed by atoms with Crippen LogP contribution in [-0.4, -0.2) is 22.1 Å². The fourth-order valence-electron chi connectivity index (χ4n) is 2.43. The number of fused-ring (bicyclic) bond motifs is 1. The van der Waals surface area contributed by atoms with Crippen molar-refractivity contribution in [2.75, 3.05) is 6.54 Å². The number of aryl methyl sites for hydroxylation is 1. The molecule has 1 aromatic carbocycles. The summed E-state index contributed by atoms with van der Waals surface area (Å²) in [5, 5.41) is 6.05. The van der Waals surface area contributed by atoms with Crippen LogP contribution >= 0.6 is 0 Å². The Balaban J connectivity index is 1.79. The molecule has 0 fully saturated rings. The van der Waals surface area contributed by atoms with Crippen molar-refractivity contribution in [1.29, 1.82) is 0 Å². The number of pyridine rings is 1. The van der Waals surface area contributed by atoms with Crippen molar-refractivity contribution >= 4 is 11.4 Å². The highest BCUT2D eigenvalue weighted by molar-refractivity contribution is 6.00. The Morgan fingerprint density at radius 3 is 2.72 bits per heavy atom. The number of carbonyl (C=O) groups is 1. The lowest BCUT2D eigenvalue weighted by atomic mass is 10.1. The molecule has 4 nitrogen and oxygen atoms in total. The summed E-state index contributed by atoms with van der Waals surface area (Å²) in [6, 6.07) is 5.25. The molecule has 2 aromatic heterocycles. The minimum atomic E-state index is -3.69. The quantitative estimate of drug-likeness (QED) is 0.732. The maximum absolute atomic E-state index is 14.1. The van der Waals surface area contributed by atoms with Crippen LogP contribution in [0.1, 0.15) is 21.5 Å². The molecule has 0 atom stereocenters. The number of amides is 1. The van der Waals surface area contributed by atoms with Gasteiger partial charge in [-0.25, -0.2) is 13.3 Å². The predicted molar refractivity (Wildman–Crippen MR) is 82.5 cm³/mol. The topological polar surface area (TPSA) is 46.4 Å². The monoisotopic (exact) mass is 351 g/mol. The molecule has 0 unspecified atom stereocenters. The van der Waals surface area contributed by atoms with Gasteiger partial charge < -0.3 is 5.32 Å². The second-order valence-corrected chi connectivity index (χ2v) is 5.60. The lowest BCUT2D eigenvalue weighted by Crippen LogP contribution is -2.35. The fraction of sp³-hybridized carbons (Fsp3) is 0.176. The van der Waals surface area contributed by atoms with E-state index < -0.39 is 35.6 Å². The second kappa shape index (κ2) is 6.19. The lowest BCUT2D eigenvalue weighted by Gasteiger charge is -2.18. The average Bonchev–Trinajstić information content (AvgIpc) is 2.95. The number of aromatic nitrogens is 2. The standard InChI is InChI=1S/C17H13F4N3O/c1-10-4-5-24-15(6-10)12(8-23-24)16(25)22-9-17(20,21)13-3-2-11(18)7-14(13)19/h2-8H,9H2,1H3,(H,22,25). The molecule has 0 aliphatic heterocycles. The highest BCUT2D eigenvalue weighted by Gasteiger charge is 2.35. The van der Waals surface area contributed by atoms with Gasteiger partial charge in [0.25, 0.3) is 11.8 Å². The largest absolute Gasteiger partial charge is 0.345 e. The number of carbonyl (C=O) groups excluding carboxylic acids is 1. The number of hydrogen-bond donors (Lipinski definition) is 1. The molecule has 0 radical (unpaired) electrons. The smallest absolute Gasteiger partial charge is 0.292 e. The third kappa shape index (κ3) is 3.33. The summed E-state index contributed by atoms with van der Waals surface area (Å²) in [6.07, 6.45) is 2.91. The molecule has 3 rings (SSSR count). The van der Waals surface area contributed by atoms with Crippen LogP contribution in [0.3, 0.4) is 0 Å². The van der Waals surface area contributed by atoms with Crippen molar-refractivity contribution in [3.63, 3.8) is 0 Å². The van der Waals surface area contributed by atoms with Crippen molar-refractivity contribution < 1.29 is 22.4 Å². The van der Waals surface area contributed by atoms with Gasteiger partial charge in [0.15, 0.2) is 0 Å². The molecule has 3 aromatic rings. The SMILES string of the molecule is Cc1ccn2ncc(C(=O)NCC(F)(F)c3ccc(F)cc3F)c2c1. The van der Waals surface area contributed by atoms with Crippen molar-refractivity contribution in [3.8, 4) is 0 Å². The first-order valence-corrected chi connectivity index (χ1v) is 7.33. The van der Waals surface area contributed by atoms with Gasteiger partial charge in [-0.05, 0) is 36.8 Å². The predicted octanol–water partition coefficient (Wildman–Crippen LogP) is 3.44. The fourth-order valence-corrected chi connectivity index (χ4v) is 2.43. The van der Waals surface area contributed by atoms with Gasteiger partial charge in [0.1, 0.15) is 11.6 Å². The van der Waals surface area contributed by atoms with Gasteiger partial charge in [-0.2, -0.15) is 13.9 Å². The van der Waals surface area contributed by atoms with E-state index in [-0.39, 0.29) is 5.56 Å². The summed E-state index contributed by atoms with van der Waals surface area (Å²) in [6.45, 7) is 0.692. The number of nitrogens with zero attached hydrogens (tertiary/aromatic N) is 2. The molecule has 0 spiro atoms. The van der Waals surface area contributed by atoms with Crippen LogP contribution in [0.15, 0.2) is 42.7 Å². The van der Waals surface area contributed by atoms with Gasteiger partial charge in [0.2, 0.25) is 0 Å². The lowest BCUT2D eigenvalue weighted by molar-refractivity contribution is -0.00587. The van der Waals surface area contributed by atoms with E-state index in [2.05, 4.69) is 10.4 Å². The molecule has 0 saturated carbocycles. The first-order valence-electron chi connectivity index (χ1n) is 7.33. The maximum Gasteiger partial charge on any atom is 0.292 e. The Bertz CT molecular complexity index is 952. The third-order valence-electron chi connectivity index (χ3n) is 3.72. The molecule has 8 heteroatoms. The van der Waals surface area contributed by atoms with Gasteiger partial charge in [0, 0.05) is 12.3 Å². The van der Waals surface area contributed by atoms with E-state index in [0.29, 0.717) is 17.6 Å².